The fourth-order valence-electron chi connectivity index (χ4n) is 2.68. The molecule has 0 spiro atoms. The van der Waals surface area contributed by atoms with Gasteiger partial charge in [-0.15, -0.1) is 11.3 Å². The predicted molar refractivity (Wildman–Crippen MR) is 125 cm³/mol. The van der Waals surface area contributed by atoms with E-state index in [-0.39, 0.29) is 0 Å². The number of nitrogens with one attached hydrogen (secondary N) is 1. The lowest BCUT2D eigenvalue weighted by atomic mass is 10.1. The van der Waals surface area contributed by atoms with E-state index in [2.05, 4.69) is 32.3 Å². The van der Waals surface area contributed by atoms with Gasteiger partial charge in [0.2, 0.25) is 0 Å². The lowest BCUT2D eigenvalue weighted by molar-refractivity contribution is 0.563. The quantitative estimate of drug-likeness (QED) is 0.233. The van der Waals surface area contributed by atoms with Gasteiger partial charge >= 0.3 is 5.63 Å². The Morgan fingerprint density at radius 2 is 2.03 bits per heavy atom. The molecular weight excluding hydrogens is 509 g/mol. The van der Waals surface area contributed by atoms with E-state index in [1.807, 2.05) is 6.07 Å². The van der Waals surface area contributed by atoms with Crippen LogP contribution in [0.2, 0.25) is 10.0 Å². The highest BCUT2D eigenvalue weighted by Gasteiger charge is 2.14. The number of hydrogen-bond acceptors (Lipinski definition) is 6. The molecule has 9 heteroatoms. The zero-order valence-electron chi connectivity index (χ0n) is 14.9. The maximum Gasteiger partial charge on any atom is 0.345 e. The van der Waals surface area contributed by atoms with Crippen molar-refractivity contribution in [3.8, 4) is 17.3 Å². The number of fused-ring (bicyclic) bond motifs is 1. The first kappa shape index (κ1) is 20.6. The van der Waals surface area contributed by atoms with Gasteiger partial charge in [-0.25, -0.2) is 9.78 Å². The van der Waals surface area contributed by atoms with Crippen molar-refractivity contribution in [1.82, 2.24) is 4.98 Å². The van der Waals surface area contributed by atoms with Crippen molar-refractivity contribution in [1.29, 1.82) is 5.26 Å². The molecule has 0 fully saturated rings. The van der Waals surface area contributed by atoms with Crippen LogP contribution in [-0.4, -0.2) is 4.98 Å². The highest BCUT2D eigenvalue weighted by molar-refractivity contribution is 9.10. The van der Waals surface area contributed by atoms with Gasteiger partial charge in [-0.1, -0.05) is 39.1 Å². The van der Waals surface area contributed by atoms with E-state index in [0.29, 0.717) is 43.2 Å². The normalized spacial score (nSPS) is 11.5. The van der Waals surface area contributed by atoms with Gasteiger partial charge in [-0.3, -0.25) is 0 Å². The number of nitriles is 1. The van der Waals surface area contributed by atoms with Crippen LogP contribution in [0.3, 0.4) is 0 Å². The average molecular weight is 519 g/mol. The molecular formula is C21H10BrCl2N3O2S. The van der Waals surface area contributed by atoms with Crippen molar-refractivity contribution in [2.75, 3.05) is 5.32 Å². The number of aromatic nitrogens is 1. The number of thiazole rings is 1. The van der Waals surface area contributed by atoms with Gasteiger partial charge in [0.1, 0.15) is 22.2 Å². The smallest absolute Gasteiger partial charge is 0.345 e. The molecule has 5 nitrogen and oxygen atoms in total. The van der Waals surface area contributed by atoms with Crippen molar-refractivity contribution in [2.45, 2.75) is 0 Å². The Kier molecular flexibility index (Phi) is 5.93. The molecule has 30 heavy (non-hydrogen) atoms. The van der Waals surface area contributed by atoms with Crippen molar-refractivity contribution < 1.29 is 4.42 Å². The van der Waals surface area contributed by atoms with Crippen LogP contribution in [0.1, 0.15) is 5.01 Å². The first-order valence-corrected chi connectivity index (χ1v) is 10.9. The summed E-state index contributed by atoms with van der Waals surface area (Å²) in [6.07, 6.45) is 1.53. The topological polar surface area (TPSA) is 78.9 Å². The summed E-state index contributed by atoms with van der Waals surface area (Å²) in [6.45, 7) is 0. The molecule has 2 heterocycles. The molecule has 0 aliphatic carbocycles. The van der Waals surface area contributed by atoms with E-state index in [0.717, 1.165) is 9.86 Å². The Labute approximate surface area is 193 Å². The predicted octanol–water partition coefficient (Wildman–Crippen LogP) is 6.96. The largest absolute Gasteiger partial charge is 0.422 e. The maximum absolute atomic E-state index is 12.4. The van der Waals surface area contributed by atoms with Gasteiger partial charge in [0, 0.05) is 27.1 Å². The van der Waals surface area contributed by atoms with Crippen LogP contribution >= 0.6 is 50.5 Å². The molecule has 2 aromatic heterocycles. The zero-order chi connectivity index (χ0) is 21.3. The van der Waals surface area contributed by atoms with E-state index in [4.69, 9.17) is 27.6 Å². The second-order valence-corrected chi connectivity index (χ2v) is 8.70. The van der Waals surface area contributed by atoms with E-state index in [1.165, 1.54) is 17.5 Å². The summed E-state index contributed by atoms with van der Waals surface area (Å²) in [4.78, 5) is 16.9. The van der Waals surface area contributed by atoms with E-state index < -0.39 is 5.63 Å². The van der Waals surface area contributed by atoms with Crippen LogP contribution in [0.5, 0.6) is 0 Å². The van der Waals surface area contributed by atoms with Gasteiger partial charge in [0.25, 0.3) is 0 Å². The summed E-state index contributed by atoms with van der Waals surface area (Å²) >= 11 is 16.6. The minimum atomic E-state index is -0.488. The highest BCUT2D eigenvalue weighted by Crippen LogP contribution is 2.28. The van der Waals surface area contributed by atoms with Crippen molar-refractivity contribution >= 4 is 72.7 Å². The number of benzene rings is 2. The number of halogens is 3. The van der Waals surface area contributed by atoms with Crippen LogP contribution < -0.4 is 10.9 Å². The molecule has 0 saturated heterocycles. The molecule has 148 valence electrons. The van der Waals surface area contributed by atoms with Crippen LogP contribution in [-0.2, 0) is 0 Å². The number of rotatable bonds is 4. The first-order chi connectivity index (χ1) is 14.4. The number of nitrogens with zero attached hydrogens (tertiary/aromatic N) is 2. The third-order valence-corrected chi connectivity index (χ3v) is 6.24. The zero-order valence-corrected chi connectivity index (χ0v) is 18.9. The molecule has 0 atom stereocenters. The second-order valence-electron chi connectivity index (χ2n) is 6.11. The summed E-state index contributed by atoms with van der Waals surface area (Å²) in [5.41, 5.74) is 1.77. The minimum Gasteiger partial charge on any atom is -0.422 e. The van der Waals surface area contributed by atoms with Gasteiger partial charge in [0.15, 0.2) is 0 Å². The van der Waals surface area contributed by atoms with Crippen LogP contribution in [0.4, 0.5) is 5.69 Å². The average Bonchev–Trinajstić information content (AvgIpc) is 3.20. The Morgan fingerprint density at radius 3 is 2.80 bits per heavy atom. The first-order valence-electron chi connectivity index (χ1n) is 8.46. The van der Waals surface area contributed by atoms with Crippen LogP contribution in [0, 0.1) is 11.3 Å². The summed E-state index contributed by atoms with van der Waals surface area (Å²) in [7, 11) is 0. The van der Waals surface area contributed by atoms with E-state index >= 15 is 0 Å². The van der Waals surface area contributed by atoms with Crippen molar-refractivity contribution in [3.63, 3.8) is 0 Å². The SMILES string of the molecule is N#C/C(=C/Nc1ccc(Cl)c(Cl)c1)c1nc(-c2cc3cc(Br)ccc3oc2=O)cs1. The molecule has 0 saturated carbocycles. The van der Waals surface area contributed by atoms with E-state index in [9.17, 15) is 10.1 Å². The lowest BCUT2D eigenvalue weighted by Gasteiger charge is -2.03. The second kappa shape index (κ2) is 8.62. The van der Waals surface area contributed by atoms with Gasteiger partial charge in [0.05, 0.1) is 21.3 Å². The fourth-order valence-corrected chi connectivity index (χ4v) is 4.14. The lowest BCUT2D eigenvalue weighted by Crippen LogP contribution is -2.03. The molecule has 0 unspecified atom stereocenters. The number of allylic oxidation sites excluding steroid dienone is 1. The molecule has 0 bridgehead atoms. The minimum absolute atomic E-state index is 0.310. The Hall–Kier alpha value is -2.63. The van der Waals surface area contributed by atoms with Crippen molar-refractivity contribution in [3.05, 3.63) is 84.0 Å². The van der Waals surface area contributed by atoms with Gasteiger partial charge in [-0.05, 0) is 42.5 Å². The summed E-state index contributed by atoms with van der Waals surface area (Å²) in [6, 6.07) is 14.3. The number of hydrogen-bond donors (Lipinski definition) is 1. The molecule has 4 aromatic rings. The van der Waals surface area contributed by atoms with Gasteiger partial charge in [-0.2, -0.15) is 5.26 Å². The highest BCUT2D eigenvalue weighted by atomic mass is 79.9. The third kappa shape index (κ3) is 4.27. The van der Waals surface area contributed by atoms with Crippen LogP contribution in [0.15, 0.2) is 67.7 Å². The third-order valence-electron chi connectivity index (χ3n) is 4.13. The Bertz CT molecular complexity index is 1410. The maximum atomic E-state index is 12.4. The monoisotopic (exact) mass is 517 g/mol. The van der Waals surface area contributed by atoms with Crippen molar-refractivity contribution in [2.24, 2.45) is 0 Å². The van der Waals surface area contributed by atoms with E-state index in [1.54, 1.807) is 41.8 Å². The fraction of sp³-hybridized carbons (Fsp3) is 0. The molecule has 1 N–H and O–H groups in total. The number of anilines is 1. The molecule has 4 rings (SSSR count). The molecule has 2 aromatic carbocycles. The summed E-state index contributed by atoms with van der Waals surface area (Å²) < 4.78 is 6.27. The molecule has 0 aliphatic rings. The standard InChI is InChI=1S/C21H10BrCl2N3O2S/c22-13-1-4-19-11(5-13)6-15(21(28)29-19)18-10-30-20(27-18)12(8-25)9-26-14-2-3-16(23)17(24)7-14/h1-7,9-10,26H/b12-9-. The summed E-state index contributed by atoms with van der Waals surface area (Å²) in [5.74, 6) is 0. The summed E-state index contributed by atoms with van der Waals surface area (Å²) in [5, 5.41) is 16.3. The Morgan fingerprint density at radius 1 is 1.20 bits per heavy atom. The van der Waals surface area contributed by atoms with Crippen LogP contribution in [0.25, 0.3) is 27.8 Å². The van der Waals surface area contributed by atoms with Gasteiger partial charge < -0.3 is 9.73 Å². The molecule has 0 radical (unpaired) electrons. The Balaban J connectivity index is 1.66. The molecule has 0 aliphatic heterocycles. The molecule has 0 amide bonds.